The number of rotatable bonds is 9. The van der Waals surface area contributed by atoms with Gasteiger partial charge in [0.2, 0.25) is 0 Å². The zero-order chi connectivity index (χ0) is 22.2. The number of ether oxygens (including phenoxy) is 1. The maximum atomic E-state index is 12.1. The summed E-state index contributed by atoms with van der Waals surface area (Å²) in [6.07, 6.45) is 1.35. The minimum absolute atomic E-state index is 0.0441. The molecule has 0 spiro atoms. The fraction of sp³-hybridized carbons (Fsp3) is 0.200. The number of carbonyl (C=O) groups excluding carboxylic acids is 1. The van der Waals surface area contributed by atoms with E-state index < -0.39 is 4.92 Å². The number of nitro benzene ring substituents is 1. The monoisotopic (exact) mass is 440 g/mol. The minimum Gasteiger partial charge on any atom is -0.497 e. The van der Waals surface area contributed by atoms with Gasteiger partial charge in [-0.1, -0.05) is 23.9 Å². The Morgan fingerprint density at radius 2 is 2.06 bits per heavy atom. The number of hydrogen-bond acceptors (Lipinski definition) is 8. The van der Waals surface area contributed by atoms with Crippen molar-refractivity contribution in [3.05, 3.63) is 64.2 Å². The van der Waals surface area contributed by atoms with Crippen LogP contribution in [0.5, 0.6) is 5.75 Å². The van der Waals surface area contributed by atoms with Crippen molar-refractivity contribution in [1.82, 2.24) is 20.2 Å². The van der Waals surface area contributed by atoms with Crippen LogP contribution in [0.1, 0.15) is 12.5 Å². The zero-order valence-corrected chi connectivity index (χ0v) is 17.7. The number of nitro groups is 1. The van der Waals surface area contributed by atoms with E-state index in [1.54, 1.807) is 19.2 Å². The predicted octanol–water partition coefficient (Wildman–Crippen LogP) is 3.12. The van der Waals surface area contributed by atoms with Gasteiger partial charge >= 0.3 is 0 Å². The molecule has 0 saturated carbocycles. The number of nitrogens with zero attached hydrogens (tertiary/aromatic N) is 5. The first-order valence-corrected chi connectivity index (χ1v) is 10.3. The number of hydrogen-bond donors (Lipinski definition) is 1. The minimum atomic E-state index is -0.489. The molecule has 160 valence electrons. The molecule has 1 heterocycles. The van der Waals surface area contributed by atoms with Crippen LogP contribution in [0.3, 0.4) is 0 Å². The molecule has 0 aliphatic rings. The number of methoxy groups -OCH3 is 1. The lowest BCUT2D eigenvalue weighted by Gasteiger charge is -2.07. The van der Waals surface area contributed by atoms with Crippen molar-refractivity contribution in [2.24, 2.45) is 5.10 Å². The van der Waals surface area contributed by atoms with E-state index in [1.807, 2.05) is 35.8 Å². The van der Waals surface area contributed by atoms with E-state index in [0.29, 0.717) is 23.1 Å². The molecule has 3 aromatic rings. The van der Waals surface area contributed by atoms with Crippen molar-refractivity contribution in [1.29, 1.82) is 0 Å². The molecule has 1 amide bonds. The van der Waals surface area contributed by atoms with Gasteiger partial charge in [-0.25, -0.2) is 5.43 Å². The van der Waals surface area contributed by atoms with E-state index >= 15 is 0 Å². The smallest absolute Gasteiger partial charge is 0.270 e. The number of nitrogens with one attached hydrogen (secondary N) is 1. The average Bonchev–Trinajstić information content (AvgIpc) is 3.21. The van der Waals surface area contributed by atoms with E-state index in [1.165, 1.54) is 30.1 Å². The largest absolute Gasteiger partial charge is 0.497 e. The Morgan fingerprint density at radius 1 is 1.29 bits per heavy atom. The molecule has 0 radical (unpaired) electrons. The molecule has 31 heavy (non-hydrogen) atoms. The van der Waals surface area contributed by atoms with Gasteiger partial charge in [0.15, 0.2) is 11.0 Å². The standard InChI is InChI=1S/C20H20N6O4S/c1-3-25-19(15-7-9-17(30-2)10-8-15)23-24-20(25)31-13-18(27)22-21-12-14-5-4-6-16(11-14)26(28)29/h4-12H,3,13H2,1-2H3,(H,22,27). The molecule has 1 N–H and O–H groups in total. The van der Waals surface area contributed by atoms with E-state index in [2.05, 4.69) is 20.7 Å². The third kappa shape index (κ3) is 5.66. The van der Waals surface area contributed by atoms with Crippen LogP contribution in [-0.2, 0) is 11.3 Å². The van der Waals surface area contributed by atoms with Crippen molar-refractivity contribution >= 4 is 29.6 Å². The Balaban J connectivity index is 1.59. The maximum absolute atomic E-state index is 12.1. The van der Waals surface area contributed by atoms with Gasteiger partial charge < -0.3 is 9.30 Å². The molecule has 0 bridgehead atoms. The van der Waals surface area contributed by atoms with E-state index in [9.17, 15) is 14.9 Å². The third-order valence-electron chi connectivity index (χ3n) is 4.20. The number of amides is 1. The quantitative estimate of drug-likeness (QED) is 0.235. The summed E-state index contributed by atoms with van der Waals surface area (Å²) < 4.78 is 7.10. The molecule has 0 saturated heterocycles. The number of aromatic nitrogens is 3. The van der Waals surface area contributed by atoms with Crippen LogP contribution in [0.4, 0.5) is 5.69 Å². The summed E-state index contributed by atoms with van der Waals surface area (Å²) >= 11 is 1.24. The second kappa shape index (κ2) is 10.3. The normalized spacial score (nSPS) is 10.9. The van der Waals surface area contributed by atoms with E-state index in [0.717, 1.165) is 11.3 Å². The molecule has 3 rings (SSSR count). The molecule has 0 fully saturated rings. The van der Waals surface area contributed by atoms with Gasteiger partial charge in [-0.3, -0.25) is 14.9 Å². The second-order valence-electron chi connectivity index (χ2n) is 6.21. The molecule has 1 aromatic heterocycles. The first-order chi connectivity index (χ1) is 15.0. The highest BCUT2D eigenvalue weighted by Crippen LogP contribution is 2.25. The molecular formula is C20H20N6O4S. The highest BCUT2D eigenvalue weighted by atomic mass is 32.2. The molecule has 0 aliphatic heterocycles. The lowest BCUT2D eigenvalue weighted by molar-refractivity contribution is -0.384. The summed E-state index contributed by atoms with van der Waals surface area (Å²) in [6, 6.07) is 13.5. The van der Waals surface area contributed by atoms with Gasteiger partial charge in [0.25, 0.3) is 11.6 Å². The molecule has 0 aliphatic carbocycles. The summed E-state index contributed by atoms with van der Waals surface area (Å²) in [5.74, 6) is 1.22. The lowest BCUT2D eigenvalue weighted by Crippen LogP contribution is -2.20. The van der Waals surface area contributed by atoms with Gasteiger partial charge in [0, 0.05) is 29.8 Å². The Labute approximate surface area is 182 Å². The first kappa shape index (κ1) is 22.0. The fourth-order valence-electron chi connectivity index (χ4n) is 2.69. The van der Waals surface area contributed by atoms with Crippen molar-refractivity contribution in [2.45, 2.75) is 18.6 Å². The van der Waals surface area contributed by atoms with Crippen LogP contribution in [0.25, 0.3) is 11.4 Å². The summed E-state index contributed by atoms with van der Waals surface area (Å²) in [4.78, 5) is 22.4. The number of carbonyl (C=O) groups is 1. The van der Waals surface area contributed by atoms with Crippen molar-refractivity contribution < 1.29 is 14.5 Å². The van der Waals surface area contributed by atoms with Crippen molar-refractivity contribution in [2.75, 3.05) is 12.9 Å². The van der Waals surface area contributed by atoms with Gasteiger partial charge in [0.1, 0.15) is 5.75 Å². The van der Waals surface area contributed by atoms with Crippen LogP contribution in [0, 0.1) is 10.1 Å². The maximum Gasteiger partial charge on any atom is 0.270 e. The van der Waals surface area contributed by atoms with E-state index in [4.69, 9.17) is 4.74 Å². The van der Waals surface area contributed by atoms with Crippen LogP contribution in [0.15, 0.2) is 58.8 Å². The number of benzene rings is 2. The summed E-state index contributed by atoms with van der Waals surface area (Å²) in [5.41, 5.74) is 3.77. The fourth-order valence-corrected chi connectivity index (χ4v) is 3.49. The van der Waals surface area contributed by atoms with Crippen LogP contribution in [0.2, 0.25) is 0 Å². The molecule has 2 aromatic carbocycles. The summed E-state index contributed by atoms with van der Waals surface area (Å²) in [7, 11) is 1.61. The SMILES string of the molecule is CCn1c(SCC(=O)NN=Cc2cccc([N+](=O)[O-])c2)nnc1-c1ccc(OC)cc1. The number of non-ortho nitro benzene ring substituents is 1. The number of hydrazone groups is 1. The predicted molar refractivity (Wildman–Crippen MR) is 117 cm³/mol. The van der Waals surface area contributed by atoms with Gasteiger partial charge in [-0.15, -0.1) is 10.2 Å². The third-order valence-corrected chi connectivity index (χ3v) is 5.16. The van der Waals surface area contributed by atoms with E-state index in [-0.39, 0.29) is 17.3 Å². The summed E-state index contributed by atoms with van der Waals surface area (Å²) in [6.45, 7) is 2.62. The highest BCUT2D eigenvalue weighted by molar-refractivity contribution is 7.99. The Kier molecular flexibility index (Phi) is 7.33. The van der Waals surface area contributed by atoms with Crippen LogP contribution >= 0.6 is 11.8 Å². The Morgan fingerprint density at radius 3 is 2.74 bits per heavy atom. The van der Waals surface area contributed by atoms with Gasteiger partial charge in [-0.05, 0) is 31.2 Å². The number of thioether (sulfide) groups is 1. The Hall–Kier alpha value is -3.73. The molecule has 0 atom stereocenters. The van der Waals surface area contributed by atoms with Gasteiger partial charge in [-0.2, -0.15) is 5.10 Å². The van der Waals surface area contributed by atoms with Crippen molar-refractivity contribution in [3.63, 3.8) is 0 Å². The topological polar surface area (TPSA) is 125 Å². The first-order valence-electron chi connectivity index (χ1n) is 9.28. The van der Waals surface area contributed by atoms with Crippen LogP contribution in [-0.4, -0.2) is 44.7 Å². The average molecular weight is 440 g/mol. The van der Waals surface area contributed by atoms with Crippen molar-refractivity contribution in [3.8, 4) is 17.1 Å². The molecular weight excluding hydrogens is 420 g/mol. The second-order valence-corrected chi connectivity index (χ2v) is 7.16. The lowest BCUT2D eigenvalue weighted by atomic mass is 10.2. The molecule has 11 heteroatoms. The highest BCUT2D eigenvalue weighted by Gasteiger charge is 2.14. The molecule has 0 unspecified atom stereocenters. The zero-order valence-electron chi connectivity index (χ0n) is 16.9. The van der Waals surface area contributed by atoms with Gasteiger partial charge in [0.05, 0.1) is 24.0 Å². The Bertz CT molecular complexity index is 1100. The van der Waals surface area contributed by atoms with Crippen LogP contribution < -0.4 is 10.2 Å². The summed E-state index contributed by atoms with van der Waals surface area (Å²) in [5, 5.41) is 23.7. The molecule has 10 nitrogen and oxygen atoms in total.